The summed E-state index contributed by atoms with van der Waals surface area (Å²) in [5.74, 6) is -0.0443. The van der Waals surface area contributed by atoms with Gasteiger partial charge in [0.25, 0.3) is 5.91 Å². The minimum atomic E-state index is -3.52. The highest BCUT2D eigenvalue weighted by atomic mass is 35.5. The van der Waals surface area contributed by atoms with E-state index in [-0.39, 0.29) is 10.5 Å². The topological polar surface area (TPSA) is 81.1 Å². The molecule has 0 fully saturated rings. The molecule has 6 nitrogen and oxygen atoms in total. The summed E-state index contributed by atoms with van der Waals surface area (Å²) in [5.41, 5.74) is 1.05. The zero-order valence-corrected chi connectivity index (χ0v) is 15.5. The molecule has 1 amide bonds. The number of nitrogens with one attached hydrogen (secondary N) is 1. The summed E-state index contributed by atoms with van der Waals surface area (Å²) < 4.78 is 25.4. The van der Waals surface area contributed by atoms with Crippen LogP contribution in [0.15, 0.2) is 65.7 Å². The van der Waals surface area contributed by atoms with Crippen molar-refractivity contribution in [1.29, 1.82) is 0 Å². The Bertz CT molecular complexity index is 1040. The van der Waals surface area contributed by atoms with Gasteiger partial charge < -0.3 is 5.32 Å². The van der Waals surface area contributed by atoms with E-state index in [0.717, 1.165) is 11.8 Å². The number of amides is 1. The number of sulfone groups is 1. The van der Waals surface area contributed by atoms with Gasteiger partial charge in [0.05, 0.1) is 23.2 Å². The van der Waals surface area contributed by atoms with Crippen LogP contribution in [0.5, 0.6) is 0 Å². The molecule has 3 rings (SSSR count). The fraction of sp³-hybridized carbons (Fsp3) is 0.111. The summed E-state index contributed by atoms with van der Waals surface area (Å²) >= 11 is 5.88. The van der Waals surface area contributed by atoms with Gasteiger partial charge in [0.1, 0.15) is 5.82 Å². The largest absolute Gasteiger partial charge is 0.307 e. The van der Waals surface area contributed by atoms with Gasteiger partial charge in [0.2, 0.25) is 0 Å². The Morgan fingerprint density at radius 2 is 1.81 bits per heavy atom. The van der Waals surface area contributed by atoms with Crippen molar-refractivity contribution in [2.24, 2.45) is 0 Å². The van der Waals surface area contributed by atoms with Gasteiger partial charge in [-0.3, -0.25) is 4.79 Å². The van der Waals surface area contributed by atoms with Crippen molar-refractivity contribution >= 4 is 33.2 Å². The molecule has 1 aromatic heterocycles. The number of aromatic nitrogens is 2. The van der Waals surface area contributed by atoms with Crippen LogP contribution in [-0.4, -0.2) is 30.4 Å². The van der Waals surface area contributed by atoms with Gasteiger partial charge in [-0.25, -0.2) is 13.1 Å². The monoisotopic (exact) mass is 389 g/mol. The quantitative estimate of drug-likeness (QED) is 0.726. The third-order valence-electron chi connectivity index (χ3n) is 3.73. The van der Waals surface area contributed by atoms with Crippen LogP contribution in [0.1, 0.15) is 15.9 Å². The highest BCUT2D eigenvalue weighted by Crippen LogP contribution is 2.18. The van der Waals surface area contributed by atoms with Crippen molar-refractivity contribution in [3.63, 3.8) is 0 Å². The molecule has 8 heteroatoms. The SMILES string of the molecule is CS(=O)(=O)c1ccccc1C(=O)Nc1ccnn1Cc1ccc(Cl)cc1. The normalized spacial score (nSPS) is 11.3. The van der Waals surface area contributed by atoms with E-state index in [1.807, 2.05) is 12.1 Å². The first-order valence-corrected chi connectivity index (χ1v) is 9.98. The summed E-state index contributed by atoms with van der Waals surface area (Å²) in [6.45, 7) is 0.438. The Balaban J connectivity index is 1.84. The summed E-state index contributed by atoms with van der Waals surface area (Å²) in [6.07, 6.45) is 2.64. The first-order chi connectivity index (χ1) is 12.3. The lowest BCUT2D eigenvalue weighted by Crippen LogP contribution is -2.18. The molecule has 134 valence electrons. The van der Waals surface area contributed by atoms with E-state index in [1.165, 1.54) is 12.1 Å². The molecule has 0 radical (unpaired) electrons. The second-order valence-electron chi connectivity index (χ2n) is 5.72. The fourth-order valence-electron chi connectivity index (χ4n) is 2.49. The maximum Gasteiger partial charge on any atom is 0.258 e. The molecule has 1 N–H and O–H groups in total. The fourth-order valence-corrected chi connectivity index (χ4v) is 3.50. The van der Waals surface area contributed by atoms with Crippen LogP contribution in [0.25, 0.3) is 0 Å². The Kier molecular flexibility index (Phi) is 5.11. The number of nitrogens with zero attached hydrogens (tertiary/aromatic N) is 2. The van der Waals surface area contributed by atoms with E-state index < -0.39 is 15.7 Å². The summed E-state index contributed by atoms with van der Waals surface area (Å²) in [4.78, 5) is 12.6. The van der Waals surface area contributed by atoms with Crippen LogP contribution in [0.2, 0.25) is 5.02 Å². The smallest absolute Gasteiger partial charge is 0.258 e. The van der Waals surface area contributed by atoms with Crippen LogP contribution in [0, 0.1) is 0 Å². The zero-order chi connectivity index (χ0) is 18.7. The van der Waals surface area contributed by atoms with Gasteiger partial charge in [0.15, 0.2) is 9.84 Å². The van der Waals surface area contributed by atoms with Crippen LogP contribution < -0.4 is 5.32 Å². The Morgan fingerprint density at radius 1 is 1.12 bits per heavy atom. The first kappa shape index (κ1) is 18.2. The zero-order valence-electron chi connectivity index (χ0n) is 13.9. The Morgan fingerprint density at radius 3 is 2.50 bits per heavy atom. The van der Waals surface area contributed by atoms with Crippen LogP contribution in [-0.2, 0) is 16.4 Å². The molecule has 0 spiro atoms. The van der Waals surface area contributed by atoms with E-state index in [4.69, 9.17) is 11.6 Å². The molecule has 2 aromatic carbocycles. The number of rotatable bonds is 5. The lowest BCUT2D eigenvalue weighted by Gasteiger charge is -2.11. The summed E-state index contributed by atoms with van der Waals surface area (Å²) in [5, 5.41) is 7.56. The predicted octanol–water partition coefficient (Wildman–Crippen LogP) is 3.24. The van der Waals surface area contributed by atoms with Crippen molar-refractivity contribution in [1.82, 2.24) is 9.78 Å². The molecule has 26 heavy (non-hydrogen) atoms. The van der Waals surface area contributed by atoms with Gasteiger partial charge in [-0.05, 0) is 29.8 Å². The maximum absolute atomic E-state index is 12.6. The molecule has 0 bridgehead atoms. The lowest BCUT2D eigenvalue weighted by molar-refractivity contribution is 0.102. The number of halogens is 1. The average molecular weight is 390 g/mol. The van der Waals surface area contributed by atoms with Crippen molar-refractivity contribution in [3.05, 3.63) is 76.9 Å². The van der Waals surface area contributed by atoms with Crippen molar-refractivity contribution in [3.8, 4) is 0 Å². The number of carbonyl (C=O) groups is 1. The van der Waals surface area contributed by atoms with Gasteiger partial charge in [0, 0.05) is 17.3 Å². The van der Waals surface area contributed by atoms with Crippen molar-refractivity contribution < 1.29 is 13.2 Å². The number of carbonyl (C=O) groups excluding carboxylic acids is 1. The molecule has 0 unspecified atom stereocenters. The van der Waals surface area contributed by atoms with E-state index in [9.17, 15) is 13.2 Å². The average Bonchev–Trinajstić information content (AvgIpc) is 3.03. The lowest BCUT2D eigenvalue weighted by atomic mass is 10.2. The standard InChI is InChI=1S/C18H16ClN3O3S/c1-26(24,25)16-5-3-2-4-15(16)18(23)21-17-10-11-20-22(17)12-13-6-8-14(19)9-7-13/h2-11H,12H2,1H3,(H,21,23). The minimum Gasteiger partial charge on any atom is -0.307 e. The second kappa shape index (κ2) is 7.31. The molecule has 0 atom stereocenters. The van der Waals surface area contributed by atoms with Crippen molar-refractivity contribution in [2.45, 2.75) is 11.4 Å². The first-order valence-electron chi connectivity index (χ1n) is 7.71. The summed E-state index contributed by atoms with van der Waals surface area (Å²) in [6, 6.07) is 15.0. The van der Waals surface area contributed by atoms with Gasteiger partial charge in [-0.2, -0.15) is 5.10 Å². The molecule has 1 heterocycles. The highest BCUT2D eigenvalue weighted by molar-refractivity contribution is 7.90. The second-order valence-corrected chi connectivity index (χ2v) is 8.14. The van der Waals surface area contributed by atoms with Crippen LogP contribution in [0.3, 0.4) is 0 Å². The molecule has 3 aromatic rings. The molecular weight excluding hydrogens is 374 g/mol. The number of benzene rings is 2. The van der Waals surface area contributed by atoms with Crippen LogP contribution >= 0.6 is 11.6 Å². The molecule has 0 aliphatic rings. The number of hydrogen-bond acceptors (Lipinski definition) is 4. The van der Waals surface area contributed by atoms with E-state index in [2.05, 4.69) is 10.4 Å². The van der Waals surface area contributed by atoms with E-state index >= 15 is 0 Å². The minimum absolute atomic E-state index is 0.0127. The van der Waals surface area contributed by atoms with Crippen LogP contribution in [0.4, 0.5) is 5.82 Å². The molecular formula is C18H16ClN3O3S. The Hall–Kier alpha value is -2.64. The number of anilines is 1. The van der Waals surface area contributed by atoms with E-state index in [1.54, 1.807) is 41.2 Å². The molecule has 0 aliphatic heterocycles. The third kappa shape index (κ3) is 4.12. The predicted molar refractivity (Wildman–Crippen MR) is 100 cm³/mol. The molecule has 0 saturated carbocycles. The summed E-state index contributed by atoms with van der Waals surface area (Å²) in [7, 11) is -3.52. The van der Waals surface area contributed by atoms with Gasteiger partial charge >= 0.3 is 0 Å². The van der Waals surface area contributed by atoms with Gasteiger partial charge in [-0.1, -0.05) is 35.9 Å². The third-order valence-corrected chi connectivity index (χ3v) is 5.14. The highest BCUT2D eigenvalue weighted by Gasteiger charge is 2.19. The molecule has 0 aliphatic carbocycles. The van der Waals surface area contributed by atoms with Gasteiger partial charge in [-0.15, -0.1) is 0 Å². The Labute approximate surface area is 156 Å². The maximum atomic E-state index is 12.6. The number of hydrogen-bond donors (Lipinski definition) is 1. The van der Waals surface area contributed by atoms with Crippen molar-refractivity contribution in [2.75, 3.05) is 11.6 Å². The molecule has 0 saturated heterocycles. The van der Waals surface area contributed by atoms with E-state index in [0.29, 0.717) is 17.4 Å².